The maximum Gasteiger partial charge on any atom is 0.263 e. The summed E-state index contributed by atoms with van der Waals surface area (Å²) in [4.78, 5) is 29.0. The van der Waals surface area contributed by atoms with E-state index < -0.39 is 6.10 Å². The largest absolute Gasteiger partial charge is 0.481 e. The second kappa shape index (κ2) is 8.69. The van der Waals surface area contributed by atoms with Crippen LogP contribution in [0.2, 0.25) is 0 Å². The van der Waals surface area contributed by atoms with Crippen molar-refractivity contribution in [1.29, 1.82) is 0 Å². The van der Waals surface area contributed by atoms with Crippen LogP contribution in [0.15, 0.2) is 42.5 Å². The third-order valence-corrected chi connectivity index (χ3v) is 6.25. The van der Waals surface area contributed by atoms with Crippen LogP contribution in [0.25, 0.3) is 0 Å². The van der Waals surface area contributed by atoms with Crippen molar-refractivity contribution in [3.05, 3.63) is 65.0 Å². The van der Waals surface area contributed by atoms with E-state index in [1.807, 2.05) is 30.0 Å². The number of halogens is 1. The van der Waals surface area contributed by atoms with Crippen LogP contribution < -0.4 is 4.74 Å². The van der Waals surface area contributed by atoms with Gasteiger partial charge < -0.3 is 14.5 Å². The average molecular weight is 425 g/mol. The summed E-state index contributed by atoms with van der Waals surface area (Å²) in [6.07, 6.45) is 2.02. The van der Waals surface area contributed by atoms with Crippen LogP contribution in [-0.2, 0) is 16.0 Å². The Bertz CT molecular complexity index is 971. The number of nitrogens with zero attached hydrogens (tertiary/aromatic N) is 2. The van der Waals surface area contributed by atoms with E-state index in [0.717, 1.165) is 36.0 Å². The highest BCUT2D eigenvalue weighted by Crippen LogP contribution is 2.41. The highest BCUT2D eigenvalue weighted by molar-refractivity contribution is 5.82. The normalized spacial score (nSPS) is 18.8. The minimum Gasteiger partial charge on any atom is -0.481 e. The van der Waals surface area contributed by atoms with E-state index in [9.17, 15) is 14.0 Å². The molecule has 0 radical (unpaired) electrons. The van der Waals surface area contributed by atoms with Crippen LogP contribution in [0.5, 0.6) is 5.75 Å². The minimum atomic E-state index is -0.611. The summed E-state index contributed by atoms with van der Waals surface area (Å²) < 4.78 is 19.6. The molecular formula is C25H29FN2O3. The first-order valence-corrected chi connectivity index (χ1v) is 11.0. The fourth-order valence-corrected chi connectivity index (χ4v) is 4.19. The Morgan fingerprint density at radius 2 is 1.90 bits per heavy atom. The number of likely N-dealkylation sites (N-methyl/N-ethyl adjacent to an activating group) is 1. The highest BCUT2D eigenvalue weighted by atomic mass is 19.1. The molecule has 5 nitrogen and oxygen atoms in total. The first-order chi connectivity index (χ1) is 14.9. The van der Waals surface area contributed by atoms with E-state index in [1.165, 1.54) is 12.1 Å². The van der Waals surface area contributed by atoms with Gasteiger partial charge in [0.05, 0.1) is 6.04 Å². The molecule has 4 rings (SSSR count). The lowest BCUT2D eigenvalue weighted by atomic mass is 9.87. The molecule has 2 unspecified atom stereocenters. The van der Waals surface area contributed by atoms with Crippen LogP contribution in [0, 0.1) is 11.7 Å². The predicted molar refractivity (Wildman–Crippen MR) is 116 cm³/mol. The molecule has 2 aromatic rings. The van der Waals surface area contributed by atoms with E-state index in [2.05, 4.69) is 0 Å². The van der Waals surface area contributed by atoms with E-state index in [-0.39, 0.29) is 29.6 Å². The summed E-state index contributed by atoms with van der Waals surface area (Å²) in [6, 6.07) is 11.9. The molecule has 0 N–H and O–H groups in total. The molecule has 31 heavy (non-hydrogen) atoms. The molecule has 164 valence electrons. The van der Waals surface area contributed by atoms with Crippen molar-refractivity contribution in [2.24, 2.45) is 5.92 Å². The smallest absolute Gasteiger partial charge is 0.263 e. The van der Waals surface area contributed by atoms with Gasteiger partial charge in [0.1, 0.15) is 11.6 Å². The van der Waals surface area contributed by atoms with Gasteiger partial charge >= 0.3 is 0 Å². The molecule has 1 aliphatic carbocycles. The fourth-order valence-electron chi connectivity index (χ4n) is 4.19. The highest BCUT2D eigenvalue weighted by Gasteiger charge is 2.39. The third-order valence-electron chi connectivity index (χ3n) is 6.25. The summed E-state index contributed by atoms with van der Waals surface area (Å²) in [5.41, 5.74) is 3.00. The Morgan fingerprint density at radius 1 is 1.19 bits per heavy atom. The summed E-state index contributed by atoms with van der Waals surface area (Å²) in [5, 5.41) is 0. The first kappa shape index (κ1) is 21.3. The lowest BCUT2D eigenvalue weighted by Gasteiger charge is -2.38. The zero-order valence-corrected chi connectivity index (χ0v) is 18.3. The van der Waals surface area contributed by atoms with Gasteiger partial charge in [-0.1, -0.05) is 18.2 Å². The molecule has 1 fully saturated rings. The van der Waals surface area contributed by atoms with Crippen molar-refractivity contribution in [3.8, 4) is 5.75 Å². The molecule has 1 aliphatic heterocycles. The molecule has 2 atom stereocenters. The standard InChI is InChI=1S/C25H29FN2O3/c1-4-27(3)24(29)16(2)31-21-12-9-17-13-14-28(25(30)19-5-6-19)23(22(17)15-21)18-7-10-20(26)11-8-18/h7-12,15-16,19,23H,4-6,13-14H2,1-3H3. The molecule has 0 bridgehead atoms. The molecule has 2 aliphatic rings. The quantitative estimate of drug-likeness (QED) is 0.705. The van der Waals surface area contributed by atoms with Gasteiger partial charge in [0.2, 0.25) is 5.91 Å². The zero-order valence-electron chi connectivity index (χ0n) is 18.3. The van der Waals surface area contributed by atoms with Crippen molar-refractivity contribution in [2.75, 3.05) is 20.1 Å². The second-order valence-corrected chi connectivity index (χ2v) is 8.48. The van der Waals surface area contributed by atoms with E-state index in [0.29, 0.717) is 18.8 Å². The van der Waals surface area contributed by atoms with Crippen molar-refractivity contribution in [1.82, 2.24) is 9.80 Å². The maximum atomic E-state index is 13.6. The number of hydrogen-bond donors (Lipinski definition) is 0. The van der Waals surface area contributed by atoms with Crippen LogP contribution >= 0.6 is 0 Å². The lowest BCUT2D eigenvalue weighted by molar-refractivity contribution is -0.136. The predicted octanol–water partition coefficient (Wildman–Crippen LogP) is 3.96. The Hall–Kier alpha value is -2.89. The lowest BCUT2D eigenvalue weighted by Crippen LogP contribution is -2.41. The Kier molecular flexibility index (Phi) is 5.99. The molecular weight excluding hydrogens is 395 g/mol. The number of benzene rings is 2. The van der Waals surface area contributed by atoms with Crippen molar-refractivity contribution >= 4 is 11.8 Å². The number of carbonyl (C=O) groups is 2. The molecule has 0 spiro atoms. The second-order valence-electron chi connectivity index (χ2n) is 8.48. The number of ether oxygens (including phenoxy) is 1. The van der Waals surface area contributed by atoms with Gasteiger partial charge in [-0.2, -0.15) is 0 Å². The van der Waals surface area contributed by atoms with Crippen molar-refractivity contribution in [3.63, 3.8) is 0 Å². The minimum absolute atomic E-state index is 0.0826. The molecule has 2 amide bonds. The van der Waals surface area contributed by atoms with Gasteiger partial charge in [0, 0.05) is 26.1 Å². The van der Waals surface area contributed by atoms with Gasteiger partial charge in [-0.25, -0.2) is 4.39 Å². The number of amides is 2. The van der Waals surface area contributed by atoms with Crippen molar-refractivity contribution in [2.45, 2.75) is 45.3 Å². The summed E-state index contributed by atoms with van der Waals surface area (Å²) in [5.74, 6) is 0.479. The van der Waals surface area contributed by atoms with Gasteiger partial charge in [-0.3, -0.25) is 9.59 Å². The number of rotatable bonds is 6. The first-order valence-electron chi connectivity index (χ1n) is 11.0. The number of carbonyl (C=O) groups excluding carboxylic acids is 2. The molecule has 1 heterocycles. The van der Waals surface area contributed by atoms with E-state index >= 15 is 0 Å². The molecule has 1 saturated carbocycles. The summed E-state index contributed by atoms with van der Waals surface area (Å²) >= 11 is 0. The van der Waals surface area contributed by atoms with E-state index in [1.54, 1.807) is 31.0 Å². The van der Waals surface area contributed by atoms with Crippen LogP contribution in [0.1, 0.15) is 49.4 Å². The van der Waals surface area contributed by atoms with Gasteiger partial charge in [0.15, 0.2) is 6.10 Å². The van der Waals surface area contributed by atoms with Crippen LogP contribution in [0.4, 0.5) is 4.39 Å². The Morgan fingerprint density at radius 3 is 2.55 bits per heavy atom. The number of hydrogen-bond acceptors (Lipinski definition) is 3. The monoisotopic (exact) mass is 424 g/mol. The summed E-state index contributed by atoms with van der Waals surface area (Å²) in [6.45, 7) is 4.92. The van der Waals surface area contributed by atoms with E-state index in [4.69, 9.17) is 4.74 Å². The SMILES string of the molecule is CCN(C)C(=O)C(C)Oc1ccc2c(c1)C(c1ccc(F)cc1)N(C(=O)C1CC1)CC2. The number of fused-ring (bicyclic) bond motifs is 1. The zero-order chi connectivity index (χ0) is 22.1. The summed E-state index contributed by atoms with van der Waals surface area (Å²) in [7, 11) is 1.75. The average Bonchev–Trinajstić information content (AvgIpc) is 3.63. The van der Waals surface area contributed by atoms with Gasteiger partial charge in [-0.15, -0.1) is 0 Å². The Labute approximate surface area is 182 Å². The topological polar surface area (TPSA) is 49.9 Å². The molecule has 6 heteroatoms. The van der Waals surface area contributed by atoms with Gasteiger partial charge in [-0.05, 0) is 74.1 Å². The molecule has 0 aromatic heterocycles. The Balaban J connectivity index is 1.68. The van der Waals surface area contributed by atoms with Crippen LogP contribution in [0.3, 0.4) is 0 Å². The third kappa shape index (κ3) is 4.43. The van der Waals surface area contributed by atoms with Gasteiger partial charge in [0.25, 0.3) is 5.91 Å². The molecule has 0 saturated heterocycles. The van der Waals surface area contributed by atoms with Crippen molar-refractivity contribution < 1.29 is 18.7 Å². The maximum absolute atomic E-state index is 13.6. The van der Waals surface area contributed by atoms with Crippen LogP contribution in [-0.4, -0.2) is 47.9 Å². The molecule has 2 aromatic carbocycles. The fraction of sp³-hybridized carbons (Fsp3) is 0.440.